The molecule has 1 heterocycles. The monoisotopic (exact) mass is 241 g/mol. The van der Waals surface area contributed by atoms with Crippen molar-refractivity contribution in [1.82, 2.24) is 5.32 Å². The number of carbonyl (C=O) groups excluding carboxylic acids is 1. The Hall–Kier alpha value is -0.870. The topological polar surface area (TPSA) is 38.3 Å². The number of esters is 1. The van der Waals surface area contributed by atoms with Crippen molar-refractivity contribution in [2.45, 2.75) is 32.7 Å². The molecule has 0 aliphatic rings. The van der Waals surface area contributed by atoms with Crippen LogP contribution in [-0.2, 0) is 16.1 Å². The maximum absolute atomic E-state index is 11.0. The van der Waals surface area contributed by atoms with Gasteiger partial charge in [0.05, 0.1) is 6.61 Å². The van der Waals surface area contributed by atoms with Crippen molar-refractivity contribution in [3.8, 4) is 0 Å². The van der Waals surface area contributed by atoms with Crippen LogP contribution in [0.4, 0.5) is 0 Å². The van der Waals surface area contributed by atoms with Crippen molar-refractivity contribution in [1.29, 1.82) is 0 Å². The quantitative estimate of drug-likeness (QED) is 0.561. The molecule has 0 saturated carbocycles. The Balaban J connectivity index is 1.90. The third-order valence-electron chi connectivity index (χ3n) is 2.17. The van der Waals surface area contributed by atoms with Gasteiger partial charge in [0, 0.05) is 17.8 Å². The first-order valence-electron chi connectivity index (χ1n) is 5.71. The lowest BCUT2D eigenvalue weighted by molar-refractivity contribution is -0.143. The zero-order chi connectivity index (χ0) is 11.6. The van der Waals surface area contributed by atoms with Gasteiger partial charge in [-0.1, -0.05) is 6.07 Å². The number of nitrogens with one attached hydrogen (secondary N) is 1. The summed E-state index contributed by atoms with van der Waals surface area (Å²) in [4.78, 5) is 12.4. The predicted octanol–water partition coefficient (Wildman–Crippen LogP) is 2.57. The van der Waals surface area contributed by atoms with Gasteiger partial charge in [0.2, 0.25) is 0 Å². The van der Waals surface area contributed by atoms with E-state index in [1.54, 1.807) is 11.3 Å². The molecule has 4 heteroatoms. The fourth-order valence-corrected chi connectivity index (χ4v) is 2.05. The van der Waals surface area contributed by atoms with Crippen molar-refractivity contribution >= 4 is 17.3 Å². The Morgan fingerprint density at radius 3 is 3.06 bits per heavy atom. The normalized spacial score (nSPS) is 10.3. The van der Waals surface area contributed by atoms with Crippen molar-refractivity contribution in [3.05, 3.63) is 22.4 Å². The molecule has 0 aromatic carbocycles. The van der Waals surface area contributed by atoms with Gasteiger partial charge >= 0.3 is 5.97 Å². The van der Waals surface area contributed by atoms with E-state index in [2.05, 4.69) is 22.8 Å². The Bertz CT molecular complexity index is 285. The molecule has 0 bridgehead atoms. The molecule has 1 rings (SSSR count). The van der Waals surface area contributed by atoms with E-state index >= 15 is 0 Å². The molecule has 0 saturated heterocycles. The molecular weight excluding hydrogens is 222 g/mol. The molecule has 16 heavy (non-hydrogen) atoms. The van der Waals surface area contributed by atoms with Crippen LogP contribution in [-0.4, -0.2) is 19.1 Å². The predicted molar refractivity (Wildman–Crippen MR) is 66.5 cm³/mol. The smallest absolute Gasteiger partial charge is 0.305 e. The standard InChI is InChI=1S/C12H19NO2S/c1-2-15-12(14)7-3-4-8-13-10-11-6-5-9-16-11/h5-6,9,13H,2-4,7-8,10H2,1H3. The molecule has 1 N–H and O–H groups in total. The summed E-state index contributed by atoms with van der Waals surface area (Å²) in [6.07, 6.45) is 2.45. The van der Waals surface area contributed by atoms with Crippen molar-refractivity contribution in [3.63, 3.8) is 0 Å². The van der Waals surface area contributed by atoms with Gasteiger partial charge in [0.15, 0.2) is 0 Å². The maximum Gasteiger partial charge on any atom is 0.305 e. The molecule has 1 aromatic heterocycles. The highest BCUT2D eigenvalue weighted by molar-refractivity contribution is 7.09. The molecule has 90 valence electrons. The van der Waals surface area contributed by atoms with Crippen LogP contribution in [0.3, 0.4) is 0 Å². The van der Waals surface area contributed by atoms with Crippen LogP contribution in [0, 0.1) is 0 Å². The number of ether oxygens (including phenoxy) is 1. The zero-order valence-corrected chi connectivity index (χ0v) is 10.5. The minimum absolute atomic E-state index is 0.0826. The lowest BCUT2D eigenvalue weighted by atomic mass is 10.2. The van der Waals surface area contributed by atoms with Crippen molar-refractivity contribution in [2.24, 2.45) is 0 Å². The summed E-state index contributed by atoms with van der Waals surface area (Å²) < 4.78 is 4.85. The zero-order valence-electron chi connectivity index (χ0n) is 9.70. The van der Waals surface area contributed by atoms with Gasteiger partial charge in [-0.3, -0.25) is 4.79 Å². The van der Waals surface area contributed by atoms with Gasteiger partial charge in [-0.15, -0.1) is 11.3 Å². The third kappa shape index (κ3) is 5.88. The molecule has 0 spiro atoms. The highest BCUT2D eigenvalue weighted by Gasteiger charge is 2.00. The summed E-state index contributed by atoms with van der Waals surface area (Å²) in [6.45, 7) is 4.20. The molecule has 0 radical (unpaired) electrons. The van der Waals surface area contributed by atoms with E-state index < -0.39 is 0 Å². The number of unbranched alkanes of at least 4 members (excludes halogenated alkanes) is 1. The molecule has 0 atom stereocenters. The molecule has 0 aliphatic heterocycles. The van der Waals surface area contributed by atoms with E-state index in [4.69, 9.17) is 4.74 Å². The van der Waals surface area contributed by atoms with E-state index in [0.29, 0.717) is 13.0 Å². The first kappa shape index (κ1) is 13.2. The summed E-state index contributed by atoms with van der Waals surface area (Å²) in [5.41, 5.74) is 0. The van der Waals surface area contributed by atoms with Crippen molar-refractivity contribution in [2.75, 3.05) is 13.2 Å². The van der Waals surface area contributed by atoms with Gasteiger partial charge in [0.1, 0.15) is 0 Å². The highest BCUT2D eigenvalue weighted by atomic mass is 32.1. The molecule has 3 nitrogen and oxygen atoms in total. The molecule has 0 amide bonds. The van der Waals surface area contributed by atoms with Gasteiger partial charge in [-0.25, -0.2) is 0 Å². The van der Waals surface area contributed by atoms with E-state index in [0.717, 1.165) is 25.9 Å². The highest BCUT2D eigenvalue weighted by Crippen LogP contribution is 2.07. The Morgan fingerprint density at radius 1 is 1.50 bits per heavy atom. The fraction of sp³-hybridized carbons (Fsp3) is 0.583. The second kappa shape index (κ2) is 8.30. The Morgan fingerprint density at radius 2 is 2.38 bits per heavy atom. The van der Waals surface area contributed by atoms with Crippen LogP contribution in [0.1, 0.15) is 31.1 Å². The molecule has 0 fully saturated rings. The summed E-state index contributed by atoms with van der Waals surface area (Å²) in [5.74, 6) is -0.0826. The van der Waals surface area contributed by atoms with E-state index in [9.17, 15) is 4.79 Å². The number of hydrogen-bond donors (Lipinski definition) is 1. The summed E-state index contributed by atoms with van der Waals surface area (Å²) >= 11 is 1.76. The van der Waals surface area contributed by atoms with E-state index in [1.165, 1.54) is 4.88 Å². The van der Waals surface area contributed by atoms with E-state index in [-0.39, 0.29) is 5.97 Å². The molecular formula is C12H19NO2S. The minimum Gasteiger partial charge on any atom is -0.466 e. The van der Waals surface area contributed by atoms with Crippen molar-refractivity contribution < 1.29 is 9.53 Å². The number of carbonyl (C=O) groups is 1. The number of rotatable bonds is 8. The summed E-state index contributed by atoms with van der Waals surface area (Å²) in [6, 6.07) is 4.18. The third-order valence-corrected chi connectivity index (χ3v) is 3.05. The van der Waals surface area contributed by atoms with Crippen LogP contribution in [0.25, 0.3) is 0 Å². The summed E-state index contributed by atoms with van der Waals surface area (Å²) in [5, 5.41) is 5.43. The molecule has 0 unspecified atom stereocenters. The number of thiophene rings is 1. The molecule has 0 aliphatic carbocycles. The average molecular weight is 241 g/mol. The fourth-order valence-electron chi connectivity index (χ4n) is 1.38. The maximum atomic E-state index is 11.0. The van der Waals surface area contributed by atoms with E-state index in [1.807, 2.05) is 6.92 Å². The second-order valence-corrected chi connectivity index (χ2v) is 4.55. The van der Waals surface area contributed by atoms with Crippen LogP contribution in [0.15, 0.2) is 17.5 Å². The van der Waals surface area contributed by atoms with Gasteiger partial charge in [0.25, 0.3) is 0 Å². The van der Waals surface area contributed by atoms with Gasteiger partial charge in [-0.2, -0.15) is 0 Å². The summed E-state index contributed by atoms with van der Waals surface area (Å²) in [7, 11) is 0. The van der Waals surface area contributed by atoms with Gasteiger partial charge in [-0.05, 0) is 37.8 Å². The average Bonchev–Trinajstić information content (AvgIpc) is 2.76. The molecule has 1 aromatic rings. The number of hydrogen-bond acceptors (Lipinski definition) is 4. The van der Waals surface area contributed by atoms with Crippen LogP contribution in [0.2, 0.25) is 0 Å². The Kier molecular flexibility index (Phi) is 6.85. The van der Waals surface area contributed by atoms with Crippen LogP contribution in [0.5, 0.6) is 0 Å². The largest absolute Gasteiger partial charge is 0.466 e. The van der Waals surface area contributed by atoms with Gasteiger partial charge < -0.3 is 10.1 Å². The van der Waals surface area contributed by atoms with Crippen LogP contribution < -0.4 is 5.32 Å². The first-order chi connectivity index (χ1) is 7.83. The minimum atomic E-state index is -0.0826. The SMILES string of the molecule is CCOC(=O)CCCCNCc1cccs1. The lowest BCUT2D eigenvalue weighted by Gasteiger charge is -2.03. The lowest BCUT2D eigenvalue weighted by Crippen LogP contribution is -2.14. The second-order valence-electron chi connectivity index (χ2n) is 3.52. The Labute approximate surface area is 101 Å². The van der Waals surface area contributed by atoms with Crippen LogP contribution >= 0.6 is 11.3 Å². The first-order valence-corrected chi connectivity index (χ1v) is 6.59.